The van der Waals surface area contributed by atoms with Crippen molar-refractivity contribution in [3.8, 4) is 0 Å². The normalized spacial score (nSPS) is 24.7. The third-order valence-electron chi connectivity index (χ3n) is 4.55. The first-order chi connectivity index (χ1) is 9.30. The highest BCUT2D eigenvalue weighted by Gasteiger charge is 2.52. The molecular formula is C14H20BNO4. The summed E-state index contributed by atoms with van der Waals surface area (Å²) in [5, 5.41) is 0. The number of hydrogen-bond donors (Lipinski definition) is 1. The van der Waals surface area contributed by atoms with Crippen LogP contribution in [0.5, 0.6) is 0 Å². The molecule has 2 aliphatic heterocycles. The van der Waals surface area contributed by atoms with Crippen molar-refractivity contribution in [3.05, 3.63) is 28.2 Å². The van der Waals surface area contributed by atoms with Crippen LogP contribution in [0.25, 0.3) is 0 Å². The third-order valence-corrected chi connectivity index (χ3v) is 4.55. The molecule has 0 unspecified atom stereocenters. The van der Waals surface area contributed by atoms with E-state index < -0.39 is 18.3 Å². The summed E-state index contributed by atoms with van der Waals surface area (Å²) in [6.07, 6.45) is 0. The average Bonchev–Trinajstić information content (AvgIpc) is 2.45. The molecule has 0 aromatic carbocycles. The molecule has 0 atom stereocenters. The molecule has 0 aliphatic carbocycles. The molecule has 5 nitrogen and oxygen atoms in total. The lowest BCUT2D eigenvalue weighted by molar-refractivity contribution is 0.00578. The highest BCUT2D eigenvalue weighted by molar-refractivity contribution is 6.61. The molecule has 0 saturated carbocycles. The van der Waals surface area contributed by atoms with E-state index in [0.717, 1.165) is 5.69 Å². The zero-order chi connectivity index (χ0) is 14.5. The molecular weight excluding hydrogens is 257 g/mol. The Labute approximate surface area is 118 Å². The van der Waals surface area contributed by atoms with Crippen LogP contribution < -0.4 is 11.0 Å². The third kappa shape index (κ3) is 2.12. The fraction of sp³-hybridized carbons (Fsp3) is 0.643. The summed E-state index contributed by atoms with van der Waals surface area (Å²) in [4.78, 5) is 15.2. The highest BCUT2D eigenvalue weighted by atomic mass is 16.7. The van der Waals surface area contributed by atoms with Crippen LogP contribution in [-0.4, -0.2) is 36.5 Å². The quantitative estimate of drug-likeness (QED) is 0.812. The van der Waals surface area contributed by atoms with E-state index in [2.05, 4.69) is 4.98 Å². The zero-order valence-electron chi connectivity index (χ0n) is 12.4. The topological polar surface area (TPSA) is 60.5 Å². The van der Waals surface area contributed by atoms with Gasteiger partial charge in [0.25, 0.3) is 0 Å². The van der Waals surface area contributed by atoms with Crippen molar-refractivity contribution in [2.75, 3.05) is 13.2 Å². The van der Waals surface area contributed by atoms with Gasteiger partial charge in [-0.3, -0.25) is 4.79 Å². The Morgan fingerprint density at radius 3 is 2.20 bits per heavy atom. The van der Waals surface area contributed by atoms with Crippen LogP contribution in [0.3, 0.4) is 0 Å². The van der Waals surface area contributed by atoms with Gasteiger partial charge < -0.3 is 19.0 Å². The maximum absolute atomic E-state index is 12.2. The standard InChI is InChI=1S/C14H20BNO4/c1-13(2)14(3,4)20-15(19-13)10-5-6-11(16-12(10)17)9-7-18-8-9/h5-6,9H,7-8H2,1-4H3,(H,16,17). The van der Waals surface area contributed by atoms with Crippen molar-refractivity contribution in [1.29, 1.82) is 0 Å². The number of aromatic amines is 1. The minimum atomic E-state index is -0.615. The van der Waals surface area contributed by atoms with E-state index in [-0.39, 0.29) is 5.56 Å². The van der Waals surface area contributed by atoms with Crippen molar-refractivity contribution in [3.63, 3.8) is 0 Å². The van der Waals surface area contributed by atoms with Crippen LogP contribution in [0.15, 0.2) is 16.9 Å². The Morgan fingerprint density at radius 1 is 1.15 bits per heavy atom. The Bertz CT molecular complexity index is 561. The van der Waals surface area contributed by atoms with E-state index in [9.17, 15) is 4.79 Å². The number of hydrogen-bond acceptors (Lipinski definition) is 4. The van der Waals surface area contributed by atoms with Gasteiger partial charge in [0, 0.05) is 17.1 Å². The van der Waals surface area contributed by atoms with Gasteiger partial charge in [-0.2, -0.15) is 0 Å². The maximum Gasteiger partial charge on any atom is 0.500 e. The monoisotopic (exact) mass is 277 g/mol. The Kier molecular flexibility index (Phi) is 3.08. The summed E-state index contributed by atoms with van der Waals surface area (Å²) >= 11 is 0. The molecule has 1 aromatic rings. The van der Waals surface area contributed by atoms with Gasteiger partial charge in [0.05, 0.1) is 24.4 Å². The van der Waals surface area contributed by atoms with Crippen LogP contribution in [0.1, 0.15) is 39.3 Å². The second-order valence-corrected chi connectivity index (χ2v) is 6.52. The molecule has 1 aromatic heterocycles. The molecule has 108 valence electrons. The van der Waals surface area contributed by atoms with Crippen LogP contribution in [0.4, 0.5) is 0 Å². The first-order valence-electron chi connectivity index (χ1n) is 6.97. The fourth-order valence-corrected chi connectivity index (χ4v) is 2.31. The Morgan fingerprint density at radius 2 is 1.75 bits per heavy atom. The van der Waals surface area contributed by atoms with Gasteiger partial charge in [-0.1, -0.05) is 6.07 Å². The number of ether oxygens (including phenoxy) is 1. The van der Waals surface area contributed by atoms with Gasteiger partial charge in [0.2, 0.25) is 5.56 Å². The summed E-state index contributed by atoms with van der Waals surface area (Å²) in [5.41, 5.74) is 0.414. The molecule has 6 heteroatoms. The molecule has 0 radical (unpaired) electrons. The second-order valence-electron chi connectivity index (χ2n) is 6.52. The lowest BCUT2D eigenvalue weighted by atomic mass is 9.79. The van der Waals surface area contributed by atoms with Gasteiger partial charge >= 0.3 is 7.12 Å². The summed E-state index contributed by atoms with van der Waals surface area (Å²) < 4.78 is 17.0. The Balaban J connectivity index is 1.87. The SMILES string of the molecule is CC1(C)OB(c2ccc(C3COC3)[nH]c2=O)OC1(C)C. The molecule has 3 heterocycles. The molecule has 0 amide bonds. The number of nitrogens with one attached hydrogen (secondary N) is 1. The molecule has 2 fully saturated rings. The Hall–Kier alpha value is -1.11. The number of pyridine rings is 1. The lowest BCUT2D eigenvalue weighted by Gasteiger charge is -2.32. The van der Waals surface area contributed by atoms with E-state index in [1.54, 1.807) is 6.07 Å². The van der Waals surface area contributed by atoms with Crippen molar-refractivity contribution < 1.29 is 14.0 Å². The van der Waals surface area contributed by atoms with Gasteiger partial charge in [-0.25, -0.2) is 0 Å². The van der Waals surface area contributed by atoms with E-state index in [4.69, 9.17) is 14.0 Å². The molecule has 1 N–H and O–H groups in total. The van der Waals surface area contributed by atoms with Gasteiger partial charge in [0.1, 0.15) is 0 Å². The largest absolute Gasteiger partial charge is 0.500 e. The van der Waals surface area contributed by atoms with Crippen molar-refractivity contribution >= 4 is 12.6 Å². The maximum atomic E-state index is 12.2. The van der Waals surface area contributed by atoms with Crippen molar-refractivity contribution in [2.45, 2.75) is 44.8 Å². The van der Waals surface area contributed by atoms with Crippen LogP contribution in [-0.2, 0) is 14.0 Å². The van der Waals surface area contributed by atoms with E-state index >= 15 is 0 Å². The number of H-pyrrole nitrogens is 1. The minimum Gasteiger partial charge on any atom is -0.399 e. The number of aromatic nitrogens is 1. The predicted octanol–water partition coefficient (Wildman–Crippen LogP) is 0.788. The lowest BCUT2D eigenvalue weighted by Crippen LogP contribution is -2.45. The average molecular weight is 277 g/mol. The van der Waals surface area contributed by atoms with Crippen LogP contribution in [0.2, 0.25) is 0 Å². The van der Waals surface area contributed by atoms with Crippen molar-refractivity contribution in [1.82, 2.24) is 4.98 Å². The van der Waals surface area contributed by atoms with Gasteiger partial charge in [0.15, 0.2) is 0 Å². The zero-order valence-corrected chi connectivity index (χ0v) is 12.4. The molecule has 2 saturated heterocycles. The molecule has 20 heavy (non-hydrogen) atoms. The smallest absolute Gasteiger partial charge is 0.399 e. The molecule has 0 spiro atoms. The van der Waals surface area contributed by atoms with Crippen molar-refractivity contribution in [2.24, 2.45) is 0 Å². The first-order valence-corrected chi connectivity index (χ1v) is 6.97. The number of rotatable bonds is 2. The van der Waals surface area contributed by atoms with Gasteiger partial charge in [-0.05, 0) is 33.8 Å². The first kappa shape index (κ1) is 13.9. The molecule has 3 rings (SSSR count). The van der Waals surface area contributed by atoms with E-state index in [0.29, 0.717) is 24.6 Å². The summed E-state index contributed by atoms with van der Waals surface area (Å²) in [7, 11) is -0.615. The predicted molar refractivity (Wildman–Crippen MR) is 76.3 cm³/mol. The van der Waals surface area contributed by atoms with E-state index in [1.807, 2.05) is 33.8 Å². The second kappa shape index (κ2) is 4.45. The van der Waals surface area contributed by atoms with Crippen LogP contribution in [0, 0.1) is 0 Å². The highest BCUT2D eigenvalue weighted by Crippen LogP contribution is 2.36. The molecule has 2 aliphatic rings. The van der Waals surface area contributed by atoms with Gasteiger partial charge in [-0.15, -0.1) is 0 Å². The summed E-state index contributed by atoms with van der Waals surface area (Å²) in [5.74, 6) is 0.301. The summed E-state index contributed by atoms with van der Waals surface area (Å²) in [6, 6.07) is 3.73. The van der Waals surface area contributed by atoms with E-state index in [1.165, 1.54) is 0 Å². The minimum absolute atomic E-state index is 0.145. The molecule has 0 bridgehead atoms. The summed E-state index contributed by atoms with van der Waals surface area (Å²) in [6.45, 7) is 9.24. The fourth-order valence-electron chi connectivity index (χ4n) is 2.31. The van der Waals surface area contributed by atoms with Crippen LogP contribution >= 0.6 is 0 Å².